The molecule has 0 aliphatic rings. The number of hydrogen-bond donors (Lipinski definition) is 1. The molecule has 3 aromatic rings. The van der Waals surface area contributed by atoms with E-state index in [-0.39, 0.29) is 17.5 Å². The van der Waals surface area contributed by atoms with Crippen LogP contribution in [0.1, 0.15) is 22.8 Å². The maximum atomic E-state index is 12.7. The van der Waals surface area contributed by atoms with Gasteiger partial charge in [0.15, 0.2) is 0 Å². The number of rotatable bonds is 7. The summed E-state index contributed by atoms with van der Waals surface area (Å²) in [5.41, 5.74) is 1.59. The summed E-state index contributed by atoms with van der Waals surface area (Å²) in [7, 11) is 0. The van der Waals surface area contributed by atoms with Gasteiger partial charge in [-0.2, -0.15) is 0 Å². The predicted octanol–water partition coefficient (Wildman–Crippen LogP) is 6.88. The molecule has 0 radical (unpaired) electrons. The van der Waals surface area contributed by atoms with Crippen molar-refractivity contribution >= 4 is 46.4 Å². The highest BCUT2D eigenvalue weighted by molar-refractivity contribution is 6.44. The van der Waals surface area contributed by atoms with Crippen LogP contribution in [0.3, 0.4) is 0 Å². The van der Waals surface area contributed by atoms with E-state index < -0.39 is 0 Å². The van der Waals surface area contributed by atoms with Gasteiger partial charge in [0, 0.05) is 11.1 Å². The van der Waals surface area contributed by atoms with Crippen molar-refractivity contribution in [1.82, 2.24) is 0 Å². The average Bonchev–Trinajstić information content (AvgIpc) is 2.72. The molecule has 0 aliphatic carbocycles. The number of halogens is 3. The van der Waals surface area contributed by atoms with Gasteiger partial charge in [-0.25, -0.2) is 0 Å². The molecule has 7 heteroatoms. The molecule has 1 amide bonds. The third-order valence-corrected chi connectivity index (χ3v) is 5.17. The molecule has 0 saturated heterocycles. The van der Waals surface area contributed by atoms with Crippen LogP contribution in [0, 0.1) is 0 Å². The smallest absolute Gasteiger partial charge is 0.255 e. The summed E-state index contributed by atoms with van der Waals surface area (Å²) in [4.78, 5) is 12.7. The van der Waals surface area contributed by atoms with Crippen molar-refractivity contribution in [3.8, 4) is 11.5 Å². The van der Waals surface area contributed by atoms with Crippen LogP contribution in [0.15, 0.2) is 60.7 Å². The van der Waals surface area contributed by atoms with Gasteiger partial charge in [0.05, 0.1) is 27.4 Å². The highest BCUT2D eigenvalue weighted by atomic mass is 35.5. The van der Waals surface area contributed by atoms with Gasteiger partial charge in [-0.05, 0) is 49.4 Å². The summed E-state index contributed by atoms with van der Waals surface area (Å²) in [5, 5.41) is 3.93. The van der Waals surface area contributed by atoms with E-state index in [9.17, 15) is 4.79 Å². The minimum absolute atomic E-state index is 0.193. The fourth-order valence-corrected chi connectivity index (χ4v) is 3.18. The molecule has 29 heavy (non-hydrogen) atoms. The number of benzene rings is 3. The first-order valence-electron chi connectivity index (χ1n) is 8.88. The van der Waals surface area contributed by atoms with E-state index >= 15 is 0 Å². The van der Waals surface area contributed by atoms with Crippen LogP contribution in [0.2, 0.25) is 15.1 Å². The molecule has 4 nitrogen and oxygen atoms in total. The molecule has 0 bridgehead atoms. The van der Waals surface area contributed by atoms with Gasteiger partial charge in [0.25, 0.3) is 5.91 Å². The van der Waals surface area contributed by atoms with Crippen molar-refractivity contribution in [2.75, 3.05) is 11.9 Å². The lowest BCUT2D eigenvalue weighted by Crippen LogP contribution is -2.13. The van der Waals surface area contributed by atoms with E-state index in [1.807, 2.05) is 19.1 Å². The highest BCUT2D eigenvalue weighted by Crippen LogP contribution is 2.31. The van der Waals surface area contributed by atoms with Gasteiger partial charge in [-0.1, -0.05) is 53.0 Å². The molecule has 0 aromatic heterocycles. The minimum Gasteiger partial charge on any atom is -0.493 e. The molecule has 3 aromatic carbocycles. The van der Waals surface area contributed by atoms with E-state index in [1.54, 1.807) is 48.5 Å². The summed E-state index contributed by atoms with van der Waals surface area (Å²) in [6.07, 6.45) is 0. The molecule has 3 rings (SSSR count). The van der Waals surface area contributed by atoms with Crippen molar-refractivity contribution in [1.29, 1.82) is 0 Å². The van der Waals surface area contributed by atoms with Crippen molar-refractivity contribution in [3.63, 3.8) is 0 Å². The van der Waals surface area contributed by atoms with E-state index in [2.05, 4.69) is 5.32 Å². The summed E-state index contributed by atoms with van der Waals surface area (Å²) in [6, 6.07) is 17.4. The molecule has 0 fully saturated rings. The largest absolute Gasteiger partial charge is 0.493 e. The molecule has 0 heterocycles. The summed E-state index contributed by atoms with van der Waals surface area (Å²) in [5.74, 6) is 0.866. The Kier molecular flexibility index (Phi) is 7.26. The first kappa shape index (κ1) is 21.3. The summed E-state index contributed by atoms with van der Waals surface area (Å²) in [6.45, 7) is 2.57. The Morgan fingerprint density at radius 2 is 1.66 bits per heavy atom. The van der Waals surface area contributed by atoms with Crippen molar-refractivity contribution < 1.29 is 14.3 Å². The Labute approximate surface area is 184 Å². The Bertz CT molecular complexity index is 1020. The number of hydrogen-bond acceptors (Lipinski definition) is 3. The summed E-state index contributed by atoms with van der Waals surface area (Å²) < 4.78 is 11.5. The Morgan fingerprint density at radius 1 is 0.897 bits per heavy atom. The Morgan fingerprint density at radius 3 is 2.41 bits per heavy atom. The molecule has 0 spiro atoms. The molecule has 0 atom stereocenters. The zero-order chi connectivity index (χ0) is 20.8. The second-order valence-electron chi connectivity index (χ2n) is 6.03. The van der Waals surface area contributed by atoms with E-state index in [0.717, 1.165) is 5.56 Å². The first-order chi connectivity index (χ1) is 14.0. The van der Waals surface area contributed by atoms with Gasteiger partial charge >= 0.3 is 0 Å². The molecule has 0 saturated carbocycles. The van der Waals surface area contributed by atoms with Crippen LogP contribution in [-0.2, 0) is 6.61 Å². The van der Waals surface area contributed by atoms with E-state index in [0.29, 0.717) is 39.4 Å². The van der Waals surface area contributed by atoms with Crippen molar-refractivity contribution in [2.45, 2.75) is 13.5 Å². The van der Waals surface area contributed by atoms with Crippen LogP contribution in [0.4, 0.5) is 5.69 Å². The van der Waals surface area contributed by atoms with Gasteiger partial charge in [0.1, 0.15) is 18.1 Å². The number of carbonyl (C=O) groups excluding carboxylic acids is 1. The number of anilines is 1. The molecule has 1 N–H and O–H groups in total. The Hall–Kier alpha value is -2.40. The maximum Gasteiger partial charge on any atom is 0.255 e. The van der Waals surface area contributed by atoms with Crippen LogP contribution >= 0.6 is 34.8 Å². The van der Waals surface area contributed by atoms with Crippen LogP contribution in [-0.4, -0.2) is 12.5 Å². The fourth-order valence-electron chi connectivity index (χ4n) is 2.64. The monoisotopic (exact) mass is 449 g/mol. The third-order valence-electron chi connectivity index (χ3n) is 4.04. The number of para-hydroxylation sites is 1. The second kappa shape index (κ2) is 9.88. The minimum atomic E-state index is -0.323. The Balaban J connectivity index is 1.82. The standard InChI is InChI=1S/C22H18Cl3NO3/c1-2-28-19-11-10-14(22(27)26-18-8-5-7-17(24)21(18)25)12-15(19)13-29-20-9-4-3-6-16(20)23/h3-12H,2,13H2,1H3,(H,26,27). The van der Waals surface area contributed by atoms with Crippen molar-refractivity contribution in [2.24, 2.45) is 0 Å². The second-order valence-corrected chi connectivity index (χ2v) is 7.22. The van der Waals surface area contributed by atoms with Crippen LogP contribution in [0.25, 0.3) is 0 Å². The van der Waals surface area contributed by atoms with Gasteiger partial charge < -0.3 is 14.8 Å². The van der Waals surface area contributed by atoms with Gasteiger partial charge in [-0.15, -0.1) is 0 Å². The molecule has 150 valence electrons. The normalized spacial score (nSPS) is 10.5. The van der Waals surface area contributed by atoms with Gasteiger partial charge in [0.2, 0.25) is 0 Å². The predicted molar refractivity (Wildman–Crippen MR) is 118 cm³/mol. The molecular formula is C22H18Cl3NO3. The lowest BCUT2D eigenvalue weighted by Gasteiger charge is -2.14. The average molecular weight is 451 g/mol. The van der Waals surface area contributed by atoms with E-state index in [1.165, 1.54) is 0 Å². The topological polar surface area (TPSA) is 47.6 Å². The number of nitrogens with one attached hydrogen (secondary N) is 1. The molecular weight excluding hydrogens is 433 g/mol. The molecule has 0 unspecified atom stereocenters. The first-order valence-corrected chi connectivity index (χ1v) is 10.0. The number of ether oxygens (including phenoxy) is 2. The maximum absolute atomic E-state index is 12.7. The highest BCUT2D eigenvalue weighted by Gasteiger charge is 2.14. The quantitative estimate of drug-likeness (QED) is 0.427. The number of amides is 1. The summed E-state index contributed by atoms with van der Waals surface area (Å²) >= 11 is 18.3. The van der Waals surface area contributed by atoms with Gasteiger partial charge in [-0.3, -0.25) is 4.79 Å². The van der Waals surface area contributed by atoms with E-state index in [4.69, 9.17) is 44.3 Å². The lowest BCUT2D eigenvalue weighted by atomic mass is 10.1. The number of carbonyl (C=O) groups is 1. The lowest BCUT2D eigenvalue weighted by molar-refractivity contribution is 0.102. The third kappa shape index (κ3) is 5.36. The zero-order valence-corrected chi connectivity index (χ0v) is 17.8. The van der Waals surface area contributed by atoms with Crippen LogP contribution in [0.5, 0.6) is 11.5 Å². The van der Waals surface area contributed by atoms with Crippen molar-refractivity contribution in [3.05, 3.63) is 86.9 Å². The zero-order valence-electron chi connectivity index (χ0n) is 15.5. The fraction of sp³-hybridized carbons (Fsp3) is 0.136. The molecule has 0 aliphatic heterocycles. The SMILES string of the molecule is CCOc1ccc(C(=O)Nc2cccc(Cl)c2Cl)cc1COc1ccccc1Cl. The van der Waals surface area contributed by atoms with Crippen LogP contribution < -0.4 is 14.8 Å².